The molecule has 0 aliphatic carbocycles. The van der Waals surface area contributed by atoms with Crippen molar-refractivity contribution in [3.8, 4) is 11.3 Å². The van der Waals surface area contributed by atoms with Crippen LogP contribution in [0.1, 0.15) is 25.0 Å². The quantitative estimate of drug-likeness (QED) is 0.931. The third-order valence-corrected chi connectivity index (χ3v) is 3.08. The fraction of sp³-hybridized carbons (Fsp3) is 0.375. The van der Waals surface area contributed by atoms with Gasteiger partial charge in [0, 0.05) is 17.2 Å². The molecule has 106 valence electrons. The summed E-state index contributed by atoms with van der Waals surface area (Å²) in [5.41, 5.74) is 9.57. The average Bonchev–Trinajstić information content (AvgIpc) is 2.30. The Labute approximate surface area is 119 Å². The normalized spacial score (nSPS) is 11.7. The Morgan fingerprint density at radius 3 is 2.50 bits per heavy atom. The lowest BCUT2D eigenvalue weighted by molar-refractivity contribution is 0.397. The summed E-state index contributed by atoms with van der Waals surface area (Å²) in [7, 11) is 0. The molecule has 0 saturated carbocycles. The Morgan fingerprint density at radius 2 is 1.90 bits per heavy atom. The van der Waals surface area contributed by atoms with Crippen molar-refractivity contribution in [2.75, 3.05) is 0 Å². The lowest BCUT2D eigenvalue weighted by Gasteiger charge is -2.19. The summed E-state index contributed by atoms with van der Waals surface area (Å²) in [5, 5.41) is 4.44. The third-order valence-electron chi connectivity index (χ3n) is 3.08. The van der Waals surface area contributed by atoms with Crippen LogP contribution in [-0.2, 0) is 6.54 Å². The van der Waals surface area contributed by atoms with Gasteiger partial charge in [-0.25, -0.2) is 4.68 Å². The number of aryl methyl sites for hydroxylation is 2. The Hall–Kier alpha value is -1.94. The summed E-state index contributed by atoms with van der Waals surface area (Å²) in [6.07, 6.45) is 0. The highest BCUT2D eigenvalue weighted by Crippen LogP contribution is 2.21. The van der Waals surface area contributed by atoms with E-state index in [1.54, 1.807) is 12.1 Å². The van der Waals surface area contributed by atoms with Crippen LogP contribution in [0.3, 0.4) is 0 Å². The van der Waals surface area contributed by atoms with Gasteiger partial charge >= 0.3 is 0 Å². The van der Waals surface area contributed by atoms with Gasteiger partial charge in [0.2, 0.25) is 0 Å². The number of hydrogen-bond donors (Lipinski definition) is 1. The van der Waals surface area contributed by atoms with Gasteiger partial charge in [0.25, 0.3) is 5.56 Å². The van der Waals surface area contributed by atoms with E-state index in [1.165, 1.54) is 10.2 Å². The van der Waals surface area contributed by atoms with E-state index in [9.17, 15) is 4.79 Å². The molecule has 0 radical (unpaired) electrons. The van der Waals surface area contributed by atoms with Gasteiger partial charge in [0.15, 0.2) is 0 Å². The fourth-order valence-electron chi connectivity index (χ4n) is 2.19. The summed E-state index contributed by atoms with van der Waals surface area (Å²) in [6.45, 7) is 8.26. The van der Waals surface area contributed by atoms with Crippen molar-refractivity contribution in [3.05, 3.63) is 51.8 Å². The standard InChI is InChI=1S/C16H21N3O/c1-11-5-6-13(12(2)9-11)14-7-8-15(20)19(18-14)10-16(3,4)17/h5-9H,10,17H2,1-4H3. The van der Waals surface area contributed by atoms with Crippen molar-refractivity contribution in [2.24, 2.45) is 5.73 Å². The van der Waals surface area contributed by atoms with Gasteiger partial charge in [-0.05, 0) is 39.3 Å². The number of nitrogens with zero attached hydrogens (tertiary/aromatic N) is 2. The number of hydrogen-bond acceptors (Lipinski definition) is 3. The monoisotopic (exact) mass is 271 g/mol. The molecule has 1 aromatic heterocycles. The van der Waals surface area contributed by atoms with E-state index in [-0.39, 0.29) is 5.56 Å². The molecule has 4 heteroatoms. The first kappa shape index (κ1) is 14.5. The van der Waals surface area contributed by atoms with Crippen molar-refractivity contribution >= 4 is 0 Å². The number of nitrogens with two attached hydrogens (primary N) is 1. The van der Waals surface area contributed by atoms with E-state index in [0.29, 0.717) is 6.54 Å². The lowest BCUT2D eigenvalue weighted by atomic mass is 10.0. The van der Waals surface area contributed by atoms with Crippen molar-refractivity contribution in [1.82, 2.24) is 9.78 Å². The van der Waals surface area contributed by atoms with Crippen molar-refractivity contribution in [2.45, 2.75) is 39.8 Å². The molecule has 4 nitrogen and oxygen atoms in total. The van der Waals surface area contributed by atoms with Gasteiger partial charge in [0.05, 0.1) is 12.2 Å². The van der Waals surface area contributed by atoms with Crippen LogP contribution < -0.4 is 11.3 Å². The van der Waals surface area contributed by atoms with E-state index < -0.39 is 5.54 Å². The van der Waals surface area contributed by atoms with Crippen LogP contribution >= 0.6 is 0 Å². The average molecular weight is 271 g/mol. The Balaban J connectivity index is 2.48. The second-order valence-electron chi connectivity index (χ2n) is 6.02. The highest BCUT2D eigenvalue weighted by atomic mass is 16.1. The molecular formula is C16H21N3O. The number of rotatable bonds is 3. The van der Waals surface area contributed by atoms with Crippen LogP contribution in [-0.4, -0.2) is 15.3 Å². The first-order valence-corrected chi connectivity index (χ1v) is 6.71. The molecular weight excluding hydrogens is 250 g/mol. The minimum Gasteiger partial charge on any atom is -0.324 e. The molecule has 2 aromatic rings. The molecule has 0 atom stereocenters. The minimum atomic E-state index is -0.474. The maximum absolute atomic E-state index is 11.9. The number of aromatic nitrogens is 2. The molecule has 0 aliphatic heterocycles. The first-order chi connectivity index (χ1) is 9.26. The van der Waals surface area contributed by atoms with Crippen LogP contribution in [0.4, 0.5) is 0 Å². The second-order valence-corrected chi connectivity index (χ2v) is 6.02. The van der Waals surface area contributed by atoms with Crippen LogP contribution in [0, 0.1) is 13.8 Å². The van der Waals surface area contributed by atoms with Gasteiger partial charge in [-0.3, -0.25) is 4.79 Å². The molecule has 0 spiro atoms. The van der Waals surface area contributed by atoms with E-state index in [4.69, 9.17) is 5.73 Å². The SMILES string of the molecule is Cc1ccc(-c2ccc(=O)n(CC(C)(C)N)n2)c(C)c1. The molecule has 0 fully saturated rings. The van der Waals surface area contributed by atoms with E-state index in [1.807, 2.05) is 32.9 Å². The molecule has 0 bridgehead atoms. The Kier molecular flexibility index (Phi) is 3.77. The maximum atomic E-state index is 11.9. The molecule has 20 heavy (non-hydrogen) atoms. The van der Waals surface area contributed by atoms with Gasteiger partial charge in [0.1, 0.15) is 0 Å². The van der Waals surface area contributed by atoms with E-state index >= 15 is 0 Å². The minimum absolute atomic E-state index is 0.128. The Morgan fingerprint density at radius 1 is 1.20 bits per heavy atom. The molecule has 0 unspecified atom stereocenters. The fourth-order valence-corrected chi connectivity index (χ4v) is 2.19. The number of benzene rings is 1. The molecule has 1 aromatic carbocycles. The maximum Gasteiger partial charge on any atom is 0.266 e. The van der Waals surface area contributed by atoms with Crippen LogP contribution in [0.5, 0.6) is 0 Å². The molecule has 0 saturated heterocycles. The summed E-state index contributed by atoms with van der Waals surface area (Å²) < 4.78 is 1.44. The predicted octanol–water partition coefficient (Wildman–Crippen LogP) is 2.26. The summed E-state index contributed by atoms with van der Waals surface area (Å²) >= 11 is 0. The zero-order valence-electron chi connectivity index (χ0n) is 12.5. The van der Waals surface area contributed by atoms with Crippen LogP contribution in [0.15, 0.2) is 35.1 Å². The van der Waals surface area contributed by atoms with E-state index in [0.717, 1.165) is 16.8 Å². The smallest absolute Gasteiger partial charge is 0.266 e. The second kappa shape index (κ2) is 5.21. The molecule has 2 rings (SSSR count). The van der Waals surface area contributed by atoms with Crippen molar-refractivity contribution in [1.29, 1.82) is 0 Å². The van der Waals surface area contributed by atoms with Gasteiger partial charge in [-0.2, -0.15) is 5.10 Å². The largest absolute Gasteiger partial charge is 0.324 e. The summed E-state index contributed by atoms with van der Waals surface area (Å²) in [6, 6.07) is 9.51. The van der Waals surface area contributed by atoms with E-state index in [2.05, 4.69) is 18.1 Å². The van der Waals surface area contributed by atoms with Gasteiger partial charge in [-0.15, -0.1) is 0 Å². The van der Waals surface area contributed by atoms with Gasteiger partial charge < -0.3 is 5.73 Å². The van der Waals surface area contributed by atoms with Crippen LogP contribution in [0.25, 0.3) is 11.3 Å². The zero-order chi connectivity index (χ0) is 14.9. The predicted molar refractivity (Wildman–Crippen MR) is 81.7 cm³/mol. The lowest BCUT2D eigenvalue weighted by Crippen LogP contribution is -2.41. The highest BCUT2D eigenvalue weighted by molar-refractivity contribution is 5.63. The molecule has 2 N–H and O–H groups in total. The molecule has 1 heterocycles. The van der Waals surface area contributed by atoms with Gasteiger partial charge in [-0.1, -0.05) is 23.8 Å². The Bertz CT molecular complexity index is 681. The summed E-state index contributed by atoms with van der Waals surface area (Å²) in [5.74, 6) is 0. The van der Waals surface area contributed by atoms with Crippen molar-refractivity contribution < 1.29 is 0 Å². The topological polar surface area (TPSA) is 60.9 Å². The van der Waals surface area contributed by atoms with Crippen molar-refractivity contribution in [3.63, 3.8) is 0 Å². The first-order valence-electron chi connectivity index (χ1n) is 6.71. The van der Waals surface area contributed by atoms with Crippen LogP contribution in [0.2, 0.25) is 0 Å². The molecule has 0 aliphatic rings. The summed E-state index contributed by atoms with van der Waals surface area (Å²) in [4.78, 5) is 11.9. The third kappa shape index (κ3) is 3.33. The molecule has 0 amide bonds. The zero-order valence-corrected chi connectivity index (χ0v) is 12.5. The highest BCUT2D eigenvalue weighted by Gasteiger charge is 2.14.